The number of nitro groups is 1. The number of anilines is 2. The second kappa shape index (κ2) is 7.16. The third-order valence-electron chi connectivity index (χ3n) is 4.34. The van der Waals surface area contributed by atoms with Crippen LogP contribution in [0.5, 0.6) is 0 Å². The average Bonchev–Trinajstić information content (AvgIpc) is 2.64. The maximum atomic E-state index is 12.5. The second-order valence-corrected chi connectivity index (χ2v) is 5.82. The van der Waals surface area contributed by atoms with E-state index in [1.54, 1.807) is 36.4 Å². The van der Waals surface area contributed by atoms with Crippen LogP contribution in [-0.2, 0) is 0 Å². The minimum Gasteiger partial charge on any atom is -0.368 e. The first-order chi connectivity index (χ1) is 12.1. The van der Waals surface area contributed by atoms with Gasteiger partial charge in [-0.2, -0.15) is 0 Å². The lowest BCUT2D eigenvalue weighted by Gasteiger charge is -2.36. The fourth-order valence-corrected chi connectivity index (χ4v) is 2.87. The Morgan fingerprint density at radius 1 is 1.16 bits per heavy atom. The molecule has 1 aromatic heterocycles. The van der Waals surface area contributed by atoms with Crippen molar-refractivity contribution in [2.45, 2.75) is 6.92 Å². The van der Waals surface area contributed by atoms with Crippen LogP contribution in [0.25, 0.3) is 0 Å². The summed E-state index contributed by atoms with van der Waals surface area (Å²) in [6, 6.07) is 8.33. The number of amides is 2. The van der Waals surface area contributed by atoms with Crippen LogP contribution in [0.3, 0.4) is 0 Å². The molecule has 0 unspecified atom stereocenters. The van der Waals surface area contributed by atoms with Crippen molar-refractivity contribution in [3.63, 3.8) is 0 Å². The molecule has 25 heavy (non-hydrogen) atoms. The third kappa shape index (κ3) is 3.68. The molecule has 1 saturated heterocycles. The predicted octanol–water partition coefficient (Wildman–Crippen LogP) is 2.65. The highest BCUT2D eigenvalue weighted by atomic mass is 16.6. The quantitative estimate of drug-likeness (QED) is 0.684. The van der Waals surface area contributed by atoms with Gasteiger partial charge in [-0.3, -0.25) is 15.1 Å². The van der Waals surface area contributed by atoms with Crippen molar-refractivity contribution in [2.75, 3.05) is 36.4 Å². The van der Waals surface area contributed by atoms with Crippen LogP contribution >= 0.6 is 0 Å². The van der Waals surface area contributed by atoms with Crippen LogP contribution in [0.1, 0.15) is 5.56 Å². The van der Waals surface area contributed by atoms with Gasteiger partial charge in [-0.1, -0.05) is 6.07 Å². The van der Waals surface area contributed by atoms with Crippen LogP contribution in [0.2, 0.25) is 0 Å². The Morgan fingerprint density at radius 3 is 2.48 bits per heavy atom. The van der Waals surface area contributed by atoms with Gasteiger partial charge >= 0.3 is 6.03 Å². The number of urea groups is 1. The maximum Gasteiger partial charge on any atom is 0.321 e. The molecule has 1 aromatic carbocycles. The van der Waals surface area contributed by atoms with Gasteiger partial charge in [0.2, 0.25) is 0 Å². The van der Waals surface area contributed by atoms with E-state index in [2.05, 4.69) is 15.2 Å². The number of nitro benzene ring substituents is 1. The molecular formula is C17H19N5O3. The Labute approximate surface area is 145 Å². The molecule has 8 nitrogen and oxygen atoms in total. The highest BCUT2D eigenvalue weighted by Crippen LogP contribution is 2.25. The monoisotopic (exact) mass is 341 g/mol. The molecule has 2 amide bonds. The number of rotatable bonds is 3. The van der Waals surface area contributed by atoms with Crippen LogP contribution in [-0.4, -0.2) is 47.0 Å². The van der Waals surface area contributed by atoms with Crippen molar-refractivity contribution >= 4 is 23.1 Å². The van der Waals surface area contributed by atoms with Gasteiger partial charge in [-0.25, -0.2) is 4.79 Å². The molecule has 0 spiro atoms. The highest BCUT2D eigenvalue weighted by molar-refractivity contribution is 5.91. The number of nitrogens with zero attached hydrogens (tertiary/aromatic N) is 4. The van der Waals surface area contributed by atoms with E-state index in [0.29, 0.717) is 24.3 Å². The molecular weight excluding hydrogens is 322 g/mol. The zero-order valence-corrected chi connectivity index (χ0v) is 13.9. The number of piperazine rings is 1. The summed E-state index contributed by atoms with van der Waals surface area (Å²) in [6.07, 6.45) is 3.50. The molecule has 0 aliphatic carbocycles. The molecule has 0 bridgehead atoms. The minimum absolute atomic E-state index is 0.000284. The summed E-state index contributed by atoms with van der Waals surface area (Å²) in [5, 5.41) is 13.8. The summed E-state index contributed by atoms with van der Waals surface area (Å²) < 4.78 is 0. The van der Waals surface area contributed by atoms with Gasteiger partial charge in [0.05, 0.1) is 16.2 Å². The van der Waals surface area contributed by atoms with E-state index >= 15 is 0 Å². The lowest BCUT2D eigenvalue weighted by molar-refractivity contribution is -0.385. The van der Waals surface area contributed by atoms with Crippen molar-refractivity contribution < 1.29 is 9.72 Å². The van der Waals surface area contributed by atoms with Gasteiger partial charge in [0.25, 0.3) is 5.69 Å². The van der Waals surface area contributed by atoms with Crippen LogP contribution in [0.15, 0.2) is 42.7 Å². The van der Waals surface area contributed by atoms with Crippen LogP contribution in [0.4, 0.5) is 21.9 Å². The van der Waals surface area contributed by atoms with E-state index in [1.165, 1.54) is 6.07 Å². The van der Waals surface area contributed by atoms with E-state index in [9.17, 15) is 14.9 Å². The smallest absolute Gasteiger partial charge is 0.321 e. The summed E-state index contributed by atoms with van der Waals surface area (Å²) in [5.41, 5.74) is 2.01. The molecule has 0 saturated carbocycles. The highest BCUT2D eigenvalue weighted by Gasteiger charge is 2.22. The zero-order chi connectivity index (χ0) is 17.8. The number of hydrogen-bond donors (Lipinski definition) is 1. The normalized spacial score (nSPS) is 14.3. The van der Waals surface area contributed by atoms with Crippen molar-refractivity contribution in [3.05, 3.63) is 58.4 Å². The first-order valence-corrected chi connectivity index (χ1v) is 8.01. The lowest BCUT2D eigenvalue weighted by atomic mass is 10.1. The Balaban J connectivity index is 1.62. The molecule has 2 aromatic rings. The maximum absolute atomic E-state index is 12.5. The Bertz CT molecular complexity index is 773. The molecule has 0 atom stereocenters. The molecule has 1 aliphatic rings. The largest absolute Gasteiger partial charge is 0.368 e. The summed E-state index contributed by atoms with van der Waals surface area (Å²) in [7, 11) is 0. The summed E-state index contributed by atoms with van der Waals surface area (Å²) in [5.74, 6) is 0. The molecule has 8 heteroatoms. The SMILES string of the molecule is Cc1c(NC(=O)N2CCN(c3ccncc3)CC2)cccc1[N+](=O)[O-]. The number of benzene rings is 1. The first-order valence-electron chi connectivity index (χ1n) is 8.01. The molecule has 3 rings (SSSR count). The molecule has 130 valence electrons. The number of nitrogens with one attached hydrogen (secondary N) is 1. The Kier molecular flexibility index (Phi) is 4.78. The molecule has 1 aliphatic heterocycles. The molecule has 1 fully saturated rings. The van der Waals surface area contributed by atoms with Gasteiger partial charge in [-0.05, 0) is 25.1 Å². The number of pyridine rings is 1. The van der Waals surface area contributed by atoms with E-state index in [-0.39, 0.29) is 11.7 Å². The lowest BCUT2D eigenvalue weighted by Crippen LogP contribution is -2.50. The van der Waals surface area contributed by atoms with Gasteiger partial charge in [-0.15, -0.1) is 0 Å². The van der Waals surface area contributed by atoms with Gasteiger partial charge in [0.15, 0.2) is 0 Å². The van der Waals surface area contributed by atoms with Crippen molar-refractivity contribution in [2.24, 2.45) is 0 Å². The van der Waals surface area contributed by atoms with E-state index in [4.69, 9.17) is 0 Å². The van der Waals surface area contributed by atoms with E-state index in [1.807, 2.05) is 12.1 Å². The number of hydrogen-bond acceptors (Lipinski definition) is 5. The summed E-state index contributed by atoms with van der Waals surface area (Å²) in [6.45, 7) is 4.26. The Hall–Kier alpha value is -3.16. The van der Waals surface area contributed by atoms with Crippen molar-refractivity contribution in [1.82, 2.24) is 9.88 Å². The van der Waals surface area contributed by atoms with Crippen LogP contribution < -0.4 is 10.2 Å². The first kappa shape index (κ1) is 16.7. The predicted molar refractivity (Wildman–Crippen MR) is 94.9 cm³/mol. The fourth-order valence-electron chi connectivity index (χ4n) is 2.87. The Morgan fingerprint density at radius 2 is 1.84 bits per heavy atom. The molecule has 1 N–H and O–H groups in total. The minimum atomic E-state index is -0.446. The second-order valence-electron chi connectivity index (χ2n) is 5.82. The van der Waals surface area contributed by atoms with Crippen molar-refractivity contribution in [1.29, 1.82) is 0 Å². The summed E-state index contributed by atoms with van der Waals surface area (Å²) in [4.78, 5) is 30.9. The number of carbonyl (C=O) groups is 1. The average molecular weight is 341 g/mol. The van der Waals surface area contributed by atoms with Crippen LogP contribution in [0, 0.1) is 17.0 Å². The van der Waals surface area contributed by atoms with Gasteiger partial charge in [0.1, 0.15) is 0 Å². The van der Waals surface area contributed by atoms with E-state index < -0.39 is 4.92 Å². The zero-order valence-electron chi connectivity index (χ0n) is 13.9. The van der Waals surface area contributed by atoms with Crippen molar-refractivity contribution in [3.8, 4) is 0 Å². The number of aromatic nitrogens is 1. The van der Waals surface area contributed by atoms with Gasteiger partial charge in [0, 0.05) is 50.3 Å². The van der Waals surface area contributed by atoms with E-state index in [0.717, 1.165) is 18.8 Å². The standard InChI is InChI=1S/C17H19N5O3/c1-13-15(3-2-4-16(13)22(24)25)19-17(23)21-11-9-20(10-12-21)14-5-7-18-8-6-14/h2-8H,9-12H2,1H3,(H,19,23). The number of carbonyl (C=O) groups excluding carboxylic acids is 1. The summed E-state index contributed by atoms with van der Waals surface area (Å²) >= 11 is 0. The molecule has 0 radical (unpaired) electrons. The van der Waals surface area contributed by atoms with Gasteiger partial charge < -0.3 is 15.1 Å². The topological polar surface area (TPSA) is 91.6 Å². The fraction of sp³-hybridized carbons (Fsp3) is 0.294. The third-order valence-corrected chi connectivity index (χ3v) is 4.34. The molecule has 2 heterocycles.